The molecule has 1 aliphatic rings. The molecule has 0 radical (unpaired) electrons. The number of H-pyrrole nitrogens is 1. The lowest BCUT2D eigenvalue weighted by Crippen LogP contribution is -2.48. The summed E-state index contributed by atoms with van der Waals surface area (Å²) in [6, 6.07) is 17.2. The lowest BCUT2D eigenvalue weighted by atomic mass is 10.1. The Kier molecular flexibility index (Phi) is 5.75. The average molecular weight is 444 g/mol. The van der Waals surface area contributed by atoms with Crippen molar-refractivity contribution in [3.05, 3.63) is 87.2 Å². The predicted molar refractivity (Wildman–Crippen MR) is 127 cm³/mol. The van der Waals surface area contributed by atoms with Crippen LogP contribution in [-0.2, 0) is 17.9 Å². The van der Waals surface area contributed by atoms with E-state index in [0.29, 0.717) is 24.0 Å². The van der Waals surface area contributed by atoms with E-state index in [1.165, 1.54) is 10.1 Å². The third kappa shape index (κ3) is 4.29. The van der Waals surface area contributed by atoms with E-state index in [-0.39, 0.29) is 18.9 Å². The molecule has 8 nitrogen and oxygen atoms in total. The van der Waals surface area contributed by atoms with Crippen molar-refractivity contribution in [3.8, 4) is 0 Å². The van der Waals surface area contributed by atoms with Gasteiger partial charge in [0.1, 0.15) is 0 Å². The highest BCUT2D eigenvalue weighted by atomic mass is 16.2. The molecular weight excluding hydrogens is 418 g/mol. The molecule has 2 aromatic heterocycles. The average Bonchev–Trinajstić information content (AvgIpc) is 2.84. The molecule has 8 heteroatoms. The van der Waals surface area contributed by atoms with Crippen LogP contribution in [0.25, 0.3) is 21.8 Å². The molecule has 0 saturated carbocycles. The van der Waals surface area contributed by atoms with Crippen molar-refractivity contribution in [3.63, 3.8) is 0 Å². The normalized spacial score (nSPS) is 14.7. The molecular formula is C25H25N5O3. The van der Waals surface area contributed by atoms with Gasteiger partial charge in [0.15, 0.2) is 0 Å². The number of para-hydroxylation sites is 2. The molecule has 1 N–H and O–H groups in total. The Morgan fingerprint density at radius 1 is 0.939 bits per heavy atom. The predicted octanol–water partition coefficient (Wildman–Crippen LogP) is 1.97. The first kappa shape index (κ1) is 21.1. The molecule has 1 saturated heterocycles. The van der Waals surface area contributed by atoms with Crippen LogP contribution in [0.5, 0.6) is 0 Å². The van der Waals surface area contributed by atoms with Gasteiger partial charge in [-0.1, -0.05) is 36.4 Å². The highest BCUT2D eigenvalue weighted by Crippen LogP contribution is 2.18. The Bertz CT molecular complexity index is 1430. The van der Waals surface area contributed by atoms with Crippen molar-refractivity contribution in [1.29, 1.82) is 0 Å². The number of pyridine rings is 1. The van der Waals surface area contributed by atoms with Gasteiger partial charge in [-0.15, -0.1) is 0 Å². The summed E-state index contributed by atoms with van der Waals surface area (Å²) in [5.41, 5.74) is 1.87. The van der Waals surface area contributed by atoms with Gasteiger partial charge in [0.25, 0.3) is 5.56 Å². The van der Waals surface area contributed by atoms with Crippen molar-refractivity contribution in [2.24, 2.45) is 0 Å². The Morgan fingerprint density at radius 3 is 2.58 bits per heavy atom. The minimum Gasteiger partial charge on any atom is -0.340 e. The first-order valence-electron chi connectivity index (χ1n) is 11.1. The molecule has 0 unspecified atom stereocenters. The number of nitrogens with one attached hydrogen (secondary N) is 1. The topological polar surface area (TPSA) is 91.3 Å². The van der Waals surface area contributed by atoms with Gasteiger partial charge >= 0.3 is 5.69 Å². The molecule has 0 bridgehead atoms. The van der Waals surface area contributed by atoms with Crippen LogP contribution < -0.4 is 11.2 Å². The summed E-state index contributed by atoms with van der Waals surface area (Å²) in [6.45, 7) is 3.91. The molecule has 4 aromatic rings. The summed E-state index contributed by atoms with van der Waals surface area (Å²) >= 11 is 0. The molecule has 0 atom stereocenters. The molecule has 1 amide bonds. The quantitative estimate of drug-likeness (QED) is 0.509. The largest absolute Gasteiger partial charge is 0.340 e. The van der Waals surface area contributed by atoms with Crippen molar-refractivity contribution in [2.75, 3.05) is 26.2 Å². The van der Waals surface area contributed by atoms with Crippen molar-refractivity contribution in [2.45, 2.75) is 19.5 Å². The minimum absolute atomic E-state index is 0.0173. The number of rotatable bonds is 5. The van der Waals surface area contributed by atoms with E-state index in [1.807, 2.05) is 17.2 Å². The van der Waals surface area contributed by atoms with Crippen LogP contribution in [0.15, 0.2) is 70.4 Å². The van der Waals surface area contributed by atoms with Gasteiger partial charge in [0, 0.05) is 57.3 Å². The van der Waals surface area contributed by atoms with E-state index >= 15 is 0 Å². The van der Waals surface area contributed by atoms with Gasteiger partial charge in [-0.05, 0) is 23.8 Å². The molecule has 2 aromatic carbocycles. The SMILES string of the molecule is O=C(CCn1c(=O)[nH]c(=O)c2ccccc21)N1CCN(Cc2cccc3cccnc23)CC1. The van der Waals surface area contributed by atoms with Crippen LogP contribution in [0.1, 0.15) is 12.0 Å². The fourth-order valence-electron chi connectivity index (χ4n) is 4.52. The number of piperazine rings is 1. The summed E-state index contributed by atoms with van der Waals surface area (Å²) in [5.74, 6) is 0.0173. The zero-order chi connectivity index (χ0) is 22.8. The van der Waals surface area contributed by atoms with Crippen LogP contribution in [-0.4, -0.2) is 56.4 Å². The second kappa shape index (κ2) is 8.99. The van der Waals surface area contributed by atoms with Gasteiger partial charge < -0.3 is 4.90 Å². The monoisotopic (exact) mass is 443 g/mol. The number of benzene rings is 2. The Balaban J connectivity index is 1.21. The lowest BCUT2D eigenvalue weighted by molar-refractivity contribution is -0.133. The summed E-state index contributed by atoms with van der Waals surface area (Å²) in [4.78, 5) is 48.3. The number of hydrogen-bond donors (Lipinski definition) is 1. The number of fused-ring (bicyclic) bond motifs is 2. The second-order valence-corrected chi connectivity index (χ2v) is 8.33. The van der Waals surface area contributed by atoms with Gasteiger partial charge in [-0.25, -0.2) is 4.79 Å². The van der Waals surface area contributed by atoms with E-state index in [4.69, 9.17) is 0 Å². The number of nitrogens with zero attached hydrogens (tertiary/aromatic N) is 4. The maximum Gasteiger partial charge on any atom is 0.328 e. The molecule has 3 heterocycles. The fourth-order valence-corrected chi connectivity index (χ4v) is 4.52. The number of amides is 1. The third-order valence-corrected chi connectivity index (χ3v) is 6.29. The van der Waals surface area contributed by atoms with E-state index < -0.39 is 11.2 Å². The number of aromatic nitrogens is 3. The van der Waals surface area contributed by atoms with Gasteiger partial charge in [0.05, 0.1) is 16.4 Å². The molecule has 1 aliphatic heterocycles. The number of aromatic amines is 1. The number of aryl methyl sites for hydroxylation is 1. The fraction of sp³-hybridized carbons (Fsp3) is 0.280. The summed E-state index contributed by atoms with van der Waals surface area (Å²) in [6.07, 6.45) is 2.03. The summed E-state index contributed by atoms with van der Waals surface area (Å²) in [5, 5.41) is 1.58. The molecule has 1 fully saturated rings. The van der Waals surface area contributed by atoms with Crippen molar-refractivity contribution >= 4 is 27.7 Å². The zero-order valence-corrected chi connectivity index (χ0v) is 18.2. The molecule has 33 heavy (non-hydrogen) atoms. The molecule has 5 rings (SSSR count). The van der Waals surface area contributed by atoms with Gasteiger partial charge in [-0.3, -0.25) is 29.0 Å². The van der Waals surface area contributed by atoms with Crippen LogP contribution in [0, 0.1) is 0 Å². The van der Waals surface area contributed by atoms with Gasteiger partial charge in [-0.2, -0.15) is 0 Å². The first-order chi connectivity index (χ1) is 16.1. The summed E-state index contributed by atoms with van der Waals surface area (Å²) < 4.78 is 1.47. The maximum absolute atomic E-state index is 12.8. The van der Waals surface area contributed by atoms with Crippen LogP contribution >= 0.6 is 0 Å². The van der Waals surface area contributed by atoms with E-state index in [0.717, 1.165) is 30.5 Å². The highest BCUT2D eigenvalue weighted by molar-refractivity contribution is 5.81. The number of carbonyl (C=O) groups is 1. The number of hydrogen-bond acceptors (Lipinski definition) is 5. The molecule has 0 spiro atoms. The number of carbonyl (C=O) groups excluding carboxylic acids is 1. The highest BCUT2D eigenvalue weighted by Gasteiger charge is 2.22. The van der Waals surface area contributed by atoms with E-state index in [2.05, 4.69) is 39.1 Å². The van der Waals surface area contributed by atoms with Crippen LogP contribution in [0.4, 0.5) is 0 Å². The third-order valence-electron chi connectivity index (χ3n) is 6.29. The van der Waals surface area contributed by atoms with E-state index in [1.54, 1.807) is 24.3 Å². The smallest absolute Gasteiger partial charge is 0.328 e. The Hall–Kier alpha value is -3.78. The maximum atomic E-state index is 12.8. The lowest BCUT2D eigenvalue weighted by Gasteiger charge is -2.35. The zero-order valence-electron chi connectivity index (χ0n) is 18.2. The molecule has 168 valence electrons. The standard InChI is InChI=1S/C25H25N5O3/c31-22(10-12-30-21-9-2-1-8-20(21)24(32)27-25(30)33)29-15-13-28(14-16-29)17-19-6-3-5-18-7-4-11-26-23(18)19/h1-9,11H,10,12-17H2,(H,27,32,33). The van der Waals surface area contributed by atoms with Gasteiger partial charge in [0.2, 0.25) is 5.91 Å². The Labute approximate surface area is 190 Å². The second-order valence-electron chi connectivity index (χ2n) is 8.33. The van der Waals surface area contributed by atoms with E-state index in [9.17, 15) is 14.4 Å². The molecule has 0 aliphatic carbocycles. The van der Waals surface area contributed by atoms with Crippen molar-refractivity contribution in [1.82, 2.24) is 24.3 Å². The minimum atomic E-state index is -0.486. The summed E-state index contributed by atoms with van der Waals surface area (Å²) in [7, 11) is 0. The van der Waals surface area contributed by atoms with Crippen LogP contribution in [0.2, 0.25) is 0 Å². The van der Waals surface area contributed by atoms with Crippen molar-refractivity contribution < 1.29 is 4.79 Å². The van der Waals surface area contributed by atoms with Crippen LogP contribution in [0.3, 0.4) is 0 Å². The first-order valence-corrected chi connectivity index (χ1v) is 11.1. The Morgan fingerprint density at radius 2 is 1.73 bits per heavy atom.